The average molecular weight is 483 g/mol. The van der Waals surface area contributed by atoms with Crippen molar-refractivity contribution in [1.29, 1.82) is 0 Å². The van der Waals surface area contributed by atoms with Crippen molar-refractivity contribution in [2.45, 2.75) is 44.3 Å². The summed E-state index contributed by atoms with van der Waals surface area (Å²) < 4.78 is 0. The van der Waals surface area contributed by atoms with Crippen molar-refractivity contribution in [2.75, 3.05) is 17.3 Å². The van der Waals surface area contributed by atoms with Crippen molar-refractivity contribution in [3.8, 4) is 11.1 Å². The number of fused-ring (bicyclic) bond motifs is 4. The van der Waals surface area contributed by atoms with Crippen molar-refractivity contribution in [3.63, 3.8) is 0 Å². The molecule has 0 saturated carbocycles. The van der Waals surface area contributed by atoms with Crippen molar-refractivity contribution in [3.05, 3.63) is 83.9 Å². The highest BCUT2D eigenvalue weighted by atomic mass is 16.2. The topological polar surface area (TPSA) is 90.5 Å². The van der Waals surface area contributed by atoms with Gasteiger partial charge in [0.1, 0.15) is 18.1 Å². The van der Waals surface area contributed by atoms with Gasteiger partial charge in [-0.2, -0.15) is 0 Å². The number of benzene rings is 3. The van der Waals surface area contributed by atoms with E-state index < -0.39 is 29.4 Å². The molecule has 0 unspecified atom stereocenters. The molecule has 36 heavy (non-hydrogen) atoms. The molecule has 0 aliphatic carbocycles. The molecule has 2 aliphatic heterocycles. The maximum atomic E-state index is 13.5. The normalized spacial score (nSPS) is 20.2. The zero-order valence-electron chi connectivity index (χ0n) is 20.8. The zero-order chi connectivity index (χ0) is 25.6. The Bertz CT molecular complexity index is 1370. The Hall–Kier alpha value is -4.13. The Morgan fingerprint density at radius 1 is 0.944 bits per heavy atom. The van der Waals surface area contributed by atoms with Crippen LogP contribution in [0, 0.1) is 0 Å². The number of carbonyl (C=O) groups excluding carboxylic acids is 3. The summed E-state index contributed by atoms with van der Waals surface area (Å²) in [6.07, 6.45) is 0. The first-order valence-electron chi connectivity index (χ1n) is 12.1. The molecule has 2 aliphatic rings. The summed E-state index contributed by atoms with van der Waals surface area (Å²) in [6, 6.07) is 20.9. The van der Waals surface area contributed by atoms with Gasteiger partial charge in [-0.25, -0.2) is 0 Å². The van der Waals surface area contributed by atoms with E-state index in [0.29, 0.717) is 0 Å². The molecule has 3 N–H and O–H groups in total. The summed E-state index contributed by atoms with van der Waals surface area (Å²) in [5.74, 6) is -0.937. The molecule has 0 radical (unpaired) electrons. The van der Waals surface area contributed by atoms with E-state index in [0.717, 1.165) is 33.6 Å². The number of nitrogens with one attached hydrogen (secondary N) is 3. The van der Waals surface area contributed by atoms with Crippen LogP contribution < -0.4 is 20.9 Å². The lowest BCUT2D eigenvalue weighted by Crippen LogP contribution is -2.54. The van der Waals surface area contributed by atoms with Gasteiger partial charge in [0.15, 0.2) is 0 Å². The van der Waals surface area contributed by atoms with Crippen LogP contribution in [0.3, 0.4) is 0 Å². The highest BCUT2D eigenvalue weighted by Crippen LogP contribution is 2.41. The maximum Gasteiger partial charge on any atom is 0.253 e. The predicted molar refractivity (Wildman–Crippen MR) is 141 cm³/mol. The number of rotatable bonds is 4. The van der Waals surface area contributed by atoms with E-state index in [2.05, 4.69) is 16.0 Å². The summed E-state index contributed by atoms with van der Waals surface area (Å²) in [5.41, 5.74) is 4.86. The molecule has 3 aromatic carbocycles. The monoisotopic (exact) mass is 482 g/mol. The molecule has 7 nitrogen and oxygen atoms in total. The third-order valence-corrected chi connectivity index (χ3v) is 7.35. The van der Waals surface area contributed by atoms with Crippen molar-refractivity contribution in [1.82, 2.24) is 10.6 Å². The van der Waals surface area contributed by atoms with Crippen LogP contribution in [0.5, 0.6) is 0 Å². The first kappa shape index (κ1) is 23.6. The number of para-hydroxylation sites is 2. The Balaban J connectivity index is 1.35. The lowest BCUT2D eigenvalue weighted by atomic mass is 9.80. The van der Waals surface area contributed by atoms with Crippen LogP contribution in [0.4, 0.5) is 11.4 Å². The van der Waals surface area contributed by atoms with E-state index in [4.69, 9.17) is 0 Å². The van der Waals surface area contributed by atoms with Crippen LogP contribution in [0.25, 0.3) is 11.1 Å². The molecule has 0 bridgehead atoms. The number of nitrogens with zero attached hydrogens (tertiary/aromatic N) is 1. The van der Waals surface area contributed by atoms with Crippen molar-refractivity contribution < 1.29 is 14.4 Å². The molecule has 184 valence electrons. The quantitative estimate of drug-likeness (QED) is 0.528. The Labute approximate surface area is 210 Å². The third kappa shape index (κ3) is 3.81. The number of hydrogen-bond donors (Lipinski definition) is 3. The van der Waals surface area contributed by atoms with E-state index >= 15 is 0 Å². The van der Waals surface area contributed by atoms with Gasteiger partial charge in [-0.05, 0) is 35.7 Å². The van der Waals surface area contributed by atoms with Gasteiger partial charge in [0.25, 0.3) is 5.91 Å². The van der Waals surface area contributed by atoms with Gasteiger partial charge in [0, 0.05) is 23.7 Å². The van der Waals surface area contributed by atoms with E-state index in [9.17, 15) is 14.4 Å². The highest BCUT2D eigenvalue weighted by molar-refractivity contribution is 6.06. The molecule has 0 saturated heterocycles. The molecular weight excluding hydrogens is 452 g/mol. The van der Waals surface area contributed by atoms with E-state index in [-0.39, 0.29) is 11.8 Å². The van der Waals surface area contributed by atoms with Gasteiger partial charge in [0.05, 0.1) is 5.69 Å². The van der Waals surface area contributed by atoms with Gasteiger partial charge < -0.3 is 20.9 Å². The van der Waals surface area contributed by atoms with Crippen LogP contribution in [-0.2, 0) is 19.8 Å². The van der Waals surface area contributed by atoms with Gasteiger partial charge in [-0.15, -0.1) is 0 Å². The number of anilines is 2. The fourth-order valence-electron chi connectivity index (χ4n) is 5.26. The molecule has 3 atom stereocenters. The molecule has 2 heterocycles. The largest absolute Gasteiger partial charge is 0.373 e. The number of likely N-dealkylation sites (N-methyl/N-ethyl adjacent to an activating group) is 1. The first-order valence-corrected chi connectivity index (χ1v) is 12.1. The smallest absolute Gasteiger partial charge is 0.253 e. The summed E-state index contributed by atoms with van der Waals surface area (Å²) in [6.45, 7) is 5.65. The molecule has 0 fully saturated rings. The van der Waals surface area contributed by atoms with Crippen LogP contribution in [0.2, 0.25) is 0 Å². The summed E-state index contributed by atoms with van der Waals surface area (Å²) in [4.78, 5) is 41.6. The molecular formula is C29H30N4O3. The summed E-state index contributed by atoms with van der Waals surface area (Å²) in [5, 5.41) is 9.03. The summed E-state index contributed by atoms with van der Waals surface area (Å²) >= 11 is 0. The molecule has 3 aromatic rings. The zero-order valence-corrected chi connectivity index (χ0v) is 20.8. The minimum absolute atomic E-state index is 0.242. The van der Waals surface area contributed by atoms with Crippen LogP contribution >= 0.6 is 0 Å². The van der Waals surface area contributed by atoms with Gasteiger partial charge in [0.2, 0.25) is 11.8 Å². The van der Waals surface area contributed by atoms with Crippen LogP contribution in [-0.4, -0.2) is 36.9 Å². The third-order valence-electron chi connectivity index (χ3n) is 7.35. The SMILES string of the molecule is C[C@H](NC(=O)[C@H]1Nc2ccccc2C1(C)C)C(=O)N[C@@H]1C(=O)N(C)c2ccccc2-c2ccccc21. The van der Waals surface area contributed by atoms with E-state index in [1.165, 1.54) is 0 Å². The average Bonchev–Trinajstić information content (AvgIpc) is 3.12. The van der Waals surface area contributed by atoms with E-state index in [1.54, 1.807) is 18.9 Å². The second-order valence-electron chi connectivity index (χ2n) is 10.0. The first-order chi connectivity index (χ1) is 17.2. The summed E-state index contributed by atoms with van der Waals surface area (Å²) in [7, 11) is 1.71. The van der Waals surface area contributed by atoms with Crippen molar-refractivity contribution in [2.24, 2.45) is 0 Å². The fraction of sp³-hybridized carbons (Fsp3) is 0.276. The minimum Gasteiger partial charge on any atom is -0.373 e. The number of carbonyl (C=O) groups is 3. The Morgan fingerprint density at radius 2 is 1.58 bits per heavy atom. The number of hydrogen-bond acceptors (Lipinski definition) is 4. The molecule has 7 heteroatoms. The lowest BCUT2D eigenvalue weighted by Gasteiger charge is -2.28. The Kier molecular flexibility index (Phi) is 5.79. The van der Waals surface area contributed by atoms with Gasteiger partial charge in [-0.1, -0.05) is 74.5 Å². The van der Waals surface area contributed by atoms with Gasteiger partial charge >= 0.3 is 0 Å². The highest BCUT2D eigenvalue weighted by Gasteiger charge is 2.44. The number of amides is 3. The minimum atomic E-state index is -0.879. The molecule has 5 rings (SSSR count). The Morgan fingerprint density at radius 3 is 2.33 bits per heavy atom. The molecule has 0 spiro atoms. The van der Waals surface area contributed by atoms with Gasteiger partial charge in [-0.3, -0.25) is 14.4 Å². The van der Waals surface area contributed by atoms with E-state index in [1.807, 2.05) is 86.6 Å². The lowest BCUT2D eigenvalue weighted by molar-refractivity contribution is -0.131. The van der Waals surface area contributed by atoms with Crippen LogP contribution in [0.1, 0.15) is 37.9 Å². The second kappa shape index (κ2) is 8.82. The fourth-order valence-corrected chi connectivity index (χ4v) is 5.26. The predicted octanol–water partition coefficient (Wildman–Crippen LogP) is 3.76. The molecule has 0 aromatic heterocycles. The van der Waals surface area contributed by atoms with Crippen LogP contribution in [0.15, 0.2) is 72.8 Å². The maximum absolute atomic E-state index is 13.5. The molecule has 3 amide bonds. The van der Waals surface area contributed by atoms with Crippen molar-refractivity contribution >= 4 is 29.1 Å². The second-order valence-corrected chi connectivity index (χ2v) is 10.0. The standard InChI is InChI=1S/C29H30N4O3/c1-17(30-27(35)25-29(2,3)21-14-8-9-15-22(21)31-25)26(34)32-24-20-13-6-5-11-18(20)19-12-7-10-16-23(19)33(4)28(24)36/h5-17,24-25,31H,1-4H3,(H,30,35)(H,32,34)/t17-,24-,25+/m0/s1.